The maximum Gasteiger partial charge on any atom is 0.190 e. The molecule has 0 saturated carbocycles. The average molecular weight is 343 g/mol. The van der Waals surface area contributed by atoms with E-state index in [1.807, 2.05) is 13.1 Å². The van der Waals surface area contributed by atoms with Crippen molar-refractivity contribution < 1.29 is 9.47 Å². The minimum atomic E-state index is 0.627. The summed E-state index contributed by atoms with van der Waals surface area (Å²) in [7, 11) is 1.82. The standard InChI is InChI=1S/C20H29N3O2/c1-21-20(22-11-9-16-5-3-2-4-6-16)23-12-10-17-7-8-18-19(15-17)25-14-13-24-18/h5,7-8,15H,2-4,6,9-14H2,1H3,(H2,21,22,23). The van der Waals surface area contributed by atoms with E-state index in [1.165, 1.54) is 31.2 Å². The molecule has 2 aliphatic rings. The summed E-state index contributed by atoms with van der Waals surface area (Å²) < 4.78 is 11.2. The van der Waals surface area contributed by atoms with Crippen LogP contribution >= 0.6 is 0 Å². The molecule has 0 aromatic heterocycles. The number of fused-ring (bicyclic) bond motifs is 1. The van der Waals surface area contributed by atoms with E-state index in [-0.39, 0.29) is 0 Å². The van der Waals surface area contributed by atoms with E-state index in [1.54, 1.807) is 5.57 Å². The van der Waals surface area contributed by atoms with Gasteiger partial charge in [-0.15, -0.1) is 0 Å². The van der Waals surface area contributed by atoms with Crippen LogP contribution in [-0.2, 0) is 6.42 Å². The van der Waals surface area contributed by atoms with Crippen LogP contribution < -0.4 is 20.1 Å². The Bertz CT molecular complexity index is 625. The van der Waals surface area contributed by atoms with Gasteiger partial charge in [0.25, 0.3) is 0 Å². The third-order valence-electron chi connectivity index (χ3n) is 4.66. The topological polar surface area (TPSA) is 54.9 Å². The van der Waals surface area contributed by atoms with Crippen LogP contribution in [-0.4, -0.2) is 39.3 Å². The van der Waals surface area contributed by atoms with Gasteiger partial charge >= 0.3 is 0 Å². The van der Waals surface area contributed by atoms with E-state index in [2.05, 4.69) is 33.8 Å². The number of allylic oxidation sites excluding steroid dienone is 1. The van der Waals surface area contributed by atoms with Crippen LogP contribution in [0.2, 0.25) is 0 Å². The average Bonchev–Trinajstić information content (AvgIpc) is 2.67. The summed E-state index contributed by atoms with van der Waals surface area (Å²) in [5.74, 6) is 2.57. The Morgan fingerprint density at radius 1 is 1.04 bits per heavy atom. The van der Waals surface area contributed by atoms with Crippen LogP contribution in [0.4, 0.5) is 0 Å². The van der Waals surface area contributed by atoms with Crippen molar-refractivity contribution in [3.8, 4) is 11.5 Å². The van der Waals surface area contributed by atoms with Crippen molar-refractivity contribution in [3.63, 3.8) is 0 Å². The molecule has 5 nitrogen and oxygen atoms in total. The van der Waals surface area contributed by atoms with E-state index in [4.69, 9.17) is 9.47 Å². The smallest absolute Gasteiger partial charge is 0.190 e. The Labute approximate surface area is 150 Å². The predicted molar refractivity (Wildman–Crippen MR) is 102 cm³/mol. The van der Waals surface area contributed by atoms with E-state index in [9.17, 15) is 0 Å². The minimum absolute atomic E-state index is 0.627. The van der Waals surface area contributed by atoms with E-state index >= 15 is 0 Å². The largest absolute Gasteiger partial charge is 0.486 e. The molecule has 0 radical (unpaired) electrons. The summed E-state index contributed by atoms with van der Waals surface area (Å²) in [4.78, 5) is 4.30. The van der Waals surface area contributed by atoms with Crippen molar-refractivity contribution in [3.05, 3.63) is 35.4 Å². The molecular weight excluding hydrogens is 314 g/mol. The first-order chi connectivity index (χ1) is 12.3. The first kappa shape index (κ1) is 17.6. The molecule has 2 N–H and O–H groups in total. The monoisotopic (exact) mass is 343 g/mol. The lowest BCUT2D eigenvalue weighted by atomic mass is 9.97. The second-order valence-corrected chi connectivity index (χ2v) is 6.51. The molecule has 1 heterocycles. The highest BCUT2D eigenvalue weighted by molar-refractivity contribution is 5.79. The molecule has 0 fully saturated rings. The lowest BCUT2D eigenvalue weighted by Crippen LogP contribution is -2.38. The van der Waals surface area contributed by atoms with Gasteiger partial charge in [-0.1, -0.05) is 17.7 Å². The normalized spacial score (nSPS) is 17.0. The summed E-state index contributed by atoms with van der Waals surface area (Å²) in [6.07, 6.45) is 9.64. The quantitative estimate of drug-likeness (QED) is 0.473. The van der Waals surface area contributed by atoms with Gasteiger partial charge in [-0.05, 0) is 56.2 Å². The summed E-state index contributed by atoms with van der Waals surface area (Å²) in [6, 6.07) is 6.16. The van der Waals surface area contributed by atoms with Crippen LogP contribution in [0.5, 0.6) is 11.5 Å². The molecule has 0 unspecified atom stereocenters. The van der Waals surface area contributed by atoms with Crippen molar-refractivity contribution in [1.29, 1.82) is 0 Å². The number of aliphatic imine (C=N–C) groups is 1. The minimum Gasteiger partial charge on any atom is -0.486 e. The fourth-order valence-corrected chi connectivity index (χ4v) is 3.26. The first-order valence-corrected chi connectivity index (χ1v) is 9.36. The fourth-order valence-electron chi connectivity index (χ4n) is 3.26. The first-order valence-electron chi connectivity index (χ1n) is 9.36. The number of nitrogens with one attached hydrogen (secondary N) is 2. The molecule has 1 aliphatic heterocycles. The molecule has 3 rings (SSSR count). The van der Waals surface area contributed by atoms with Crippen molar-refractivity contribution >= 4 is 5.96 Å². The van der Waals surface area contributed by atoms with Gasteiger partial charge in [0, 0.05) is 20.1 Å². The third kappa shape index (κ3) is 5.41. The summed E-state index contributed by atoms with van der Waals surface area (Å²) in [6.45, 7) is 3.03. The van der Waals surface area contributed by atoms with Gasteiger partial charge in [0.2, 0.25) is 0 Å². The van der Waals surface area contributed by atoms with Crippen molar-refractivity contribution in [2.75, 3.05) is 33.4 Å². The molecule has 0 atom stereocenters. The lowest BCUT2D eigenvalue weighted by molar-refractivity contribution is 0.171. The summed E-state index contributed by atoms with van der Waals surface area (Å²) >= 11 is 0. The van der Waals surface area contributed by atoms with Crippen molar-refractivity contribution in [2.45, 2.75) is 38.5 Å². The van der Waals surface area contributed by atoms with Gasteiger partial charge < -0.3 is 20.1 Å². The molecule has 25 heavy (non-hydrogen) atoms. The molecule has 1 aromatic rings. The van der Waals surface area contributed by atoms with E-state index < -0.39 is 0 Å². The Morgan fingerprint density at radius 2 is 1.84 bits per heavy atom. The van der Waals surface area contributed by atoms with Gasteiger partial charge in [-0.3, -0.25) is 4.99 Å². The molecule has 1 aromatic carbocycles. The number of guanidine groups is 1. The molecule has 0 spiro atoms. The van der Waals surface area contributed by atoms with E-state index in [0.717, 1.165) is 43.4 Å². The number of hydrogen-bond donors (Lipinski definition) is 2. The SMILES string of the molecule is CN=C(NCCC1=CCCCC1)NCCc1ccc2c(c1)OCCO2. The predicted octanol–water partition coefficient (Wildman–Crippen LogP) is 3.06. The second kappa shape index (κ2) is 9.35. The zero-order valence-corrected chi connectivity index (χ0v) is 15.1. The number of ether oxygens (including phenoxy) is 2. The molecule has 1 aliphatic carbocycles. The molecule has 136 valence electrons. The molecule has 0 amide bonds. The Morgan fingerprint density at radius 3 is 2.60 bits per heavy atom. The Kier molecular flexibility index (Phi) is 6.60. The molecule has 5 heteroatoms. The molecule has 0 bridgehead atoms. The fraction of sp³-hybridized carbons (Fsp3) is 0.550. The zero-order chi connectivity index (χ0) is 17.3. The molecular formula is C20H29N3O2. The van der Waals surface area contributed by atoms with Gasteiger partial charge in [0.05, 0.1) is 0 Å². The number of nitrogens with zero attached hydrogens (tertiary/aromatic N) is 1. The number of benzene rings is 1. The van der Waals surface area contributed by atoms with Gasteiger partial charge in [0.15, 0.2) is 17.5 Å². The lowest BCUT2D eigenvalue weighted by Gasteiger charge is -2.19. The molecule has 0 saturated heterocycles. The summed E-state index contributed by atoms with van der Waals surface area (Å²) in [5.41, 5.74) is 2.82. The van der Waals surface area contributed by atoms with Crippen molar-refractivity contribution in [1.82, 2.24) is 10.6 Å². The Hall–Kier alpha value is -2.17. The van der Waals surface area contributed by atoms with Gasteiger partial charge in [-0.2, -0.15) is 0 Å². The highest BCUT2D eigenvalue weighted by Gasteiger charge is 2.11. The van der Waals surface area contributed by atoms with Crippen LogP contribution in [0.1, 0.15) is 37.7 Å². The van der Waals surface area contributed by atoms with E-state index in [0.29, 0.717) is 13.2 Å². The third-order valence-corrected chi connectivity index (χ3v) is 4.66. The second-order valence-electron chi connectivity index (χ2n) is 6.51. The van der Waals surface area contributed by atoms with Crippen LogP contribution in [0, 0.1) is 0 Å². The van der Waals surface area contributed by atoms with Gasteiger partial charge in [0.1, 0.15) is 13.2 Å². The highest BCUT2D eigenvalue weighted by atomic mass is 16.6. The van der Waals surface area contributed by atoms with Crippen LogP contribution in [0.3, 0.4) is 0 Å². The maximum absolute atomic E-state index is 5.64. The number of hydrogen-bond acceptors (Lipinski definition) is 3. The van der Waals surface area contributed by atoms with Crippen LogP contribution in [0.15, 0.2) is 34.8 Å². The number of rotatable bonds is 6. The highest BCUT2D eigenvalue weighted by Crippen LogP contribution is 2.30. The van der Waals surface area contributed by atoms with Crippen LogP contribution in [0.25, 0.3) is 0 Å². The maximum atomic E-state index is 5.64. The van der Waals surface area contributed by atoms with Crippen molar-refractivity contribution in [2.24, 2.45) is 4.99 Å². The zero-order valence-electron chi connectivity index (χ0n) is 15.1. The summed E-state index contributed by atoms with van der Waals surface area (Å²) in [5, 5.41) is 6.79. The van der Waals surface area contributed by atoms with Gasteiger partial charge in [-0.25, -0.2) is 0 Å². The Balaban J connectivity index is 1.38.